The number of ether oxygens (including phenoxy) is 1. The number of unbranched alkanes of at least 4 members (excludes halogenated alkanes) is 3. The number of hydrogen-bond acceptors (Lipinski definition) is 6. The molecule has 0 aliphatic rings. The van der Waals surface area contributed by atoms with Crippen molar-refractivity contribution in [2.45, 2.75) is 58.9 Å². The first-order chi connectivity index (χ1) is 16.3. The van der Waals surface area contributed by atoms with Gasteiger partial charge in [0.15, 0.2) is 5.69 Å². The summed E-state index contributed by atoms with van der Waals surface area (Å²) >= 11 is 0. The lowest BCUT2D eigenvalue weighted by Gasteiger charge is -2.24. The van der Waals surface area contributed by atoms with Gasteiger partial charge < -0.3 is 20.7 Å². The molecule has 34 heavy (non-hydrogen) atoms. The number of anilines is 2. The summed E-state index contributed by atoms with van der Waals surface area (Å²) in [5.41, 5.74) is 5.27. The molecule has 10 nitrogen and oxygen atoms in total. The Hall–Kier alpha value is -3.56. The molecular weight excluding hydrogens is 438 g/mol. The van der Waals surface area contributed by atoms with Gasteiger partial charge in [0.05, 0.1) is 12.7 Å². The summed E-state index contributed by atoms with van der Waals surface area (Å²) in [5.74, 6) is -0.325. The van der Waals surface area contributed by atoms with Crippen LogP contribution >= 0.6 is 0 Å². The molecule has 4 N–H and O–H groups in total. The zero-order chi connectivity index (χ0) is 25.1. The van der Waals surface area contributed by atoms with Gasteiger partial charge in [-0.15, -0.1) is 0 Å². The molecule has 0 bridgehead atoms. The van der Waals surface area contributed by atoms with Crippen molar-refractivity contribution >= 4 is 23.3 Å². The fourth-order valence-electron chi connectivity index (χ4n) is 3.60. The number of H-pyrrole nitrogens is 1. The van der Waals surface area contributed by atoms with Gasteiger partial charge in [-0.2, -0.15) is 0 Å². The van der Waals surface area contributed by atoms with Gasteiger partial charge in [0.25, 0.3) is 11.5 Å². The van der Waals surface area contributed by atoms with Crippen molar-refractivity contribution in [3.05, 3.63) is 50.7 Å². The molecule has 0 unspecified atom stereocenters. The summed E-state index contributed by atoms with van der Waals surface area (Å²) < 4.78 is 6.50. The van der Waals surface area contributed by atoms with Gasteiger partial charge in [0.1, 0.15) is 11.6 Å². The maximum atomic E-state index is 13.1. The maximum Gasteiger partial charge on any atom is 0.330 e. The number of nitrogens with zero attached hydrogens (tertiary/aromatic N) is 2. The van der Waals surface area contributed by atoms with E-state index in [1.165, 1.54) is 16.6 Å². The molecule has 1 aromatic heterocycles. The second-order valence-corrected chi connectivity index (χ2v) is 7.96. The summed E-state index contributed by atoms with van der Waals surface area (Å²) in [6, 6.07) is 6.79. The van der Waals surface area contributed by atoms with Gasteiger partial charge in [-0.05, 0) is 25.0 Å². The Morgan fingerprint density at radius 3 is 2.50 bits per heavy atom. The number of nitrogens with two attached hydrogens (primary N) is 1. The Labute approximate surface area is 199 Å². The number of rotatable bonds is 13. The second-order valence-electron chi connectivity index (χ2n) is 7.96. The Morgan fingerprint density at radius 2 is 1.82 bits per heavy atom. The van der Waals surface area contributed by atoms with E-state index in [2.05, 4.69) is 10.3 Å². The molecule has 186 valence electrons. The Kier molecular flexibility index (Phi) is 10.4. The van der Waals surface area contributed by atoms with Crippen LogP contribution in [0.15, 0.2) is 33.9 Å². The Balaban J connectivity index is 2.22. The van der Waals surface area contributed by atoms with Crippen LogP contribution < -0.4 is 31.9 Å². The summed E-state index contributed by atoms with van der Waals surface area (Å²) in [4.78, 5) is 54.2. The van der Waals surface area contributed by atoms with Crippen molar-refractivity contribution in [1.29, 1.82) is 0 Å². The van der Waals surface area contributed by atoms with Gasteiger partial charge in [-0.25, -0.2) is 4.79 Å². The quantitative estimate of drug-likeness (QED) is 0.381. The Bertz CT molecular complexity index is 1090. The number of aromatic nitrogens is 2. The van der Waals surface area contributed by atoms with Crippen LogP contribution in [-0.2, 0) is 11.3 Å². The number of aromatic amines is 1. The van der Waals surface area contributed by atoms with Gasteiger partial charge >= 0.3 is 5.69 Å². The molecule has 0 radical (unpaired) electrons. The summed E-state index contributed by atoms with van der Waals surface area (Å²) in [6.45, 7) is 4.70. The molecule has 0 aliphatic heterocycles. The van der Waals surface area contributed by atoms with Gasteiger partial charge in [-0.1, -0.05) is 45.2 Å². The lowest BCUT2D eigenvalue weighted by atomic mass is 10.2. The van der Waals surface area contributed by atoms with Crippen LogP contribution in [-0.4, -0.2) is 41.6 Å². The van der Waals surface area contributed by atoms with E-state index in [1.54, 1.807) is 24.3 Å². The molecule has 10 heteroatoms. The number of benzene rings is 1. The Morgan fingerprint density at radius 1 is 1.12 bits per heavy atom. The molecule has 1 aromatic carbocycles. The molecule has 2 amide bonds. The minimum atomic E-state index is -0.696. The first-order valence-electron chi connectivity index (χ1n) is 11.7. The molecule has 0 saturated carbocycles. The maximum absolute atomic E-state index is 13.1. The number of carbonyl (C=O) groups excluding carboxylic acids is 2. The normalized spacial score (nSPS) is 10.7. The number of carbonyl (C=O) groups is 2. The van der Waals surface area contributed by atoms with Crippen molar-refractivity contribution in [1.82, 2.24) is 14.9 Å². The minimum Gasteiger partial charge on any atom is -0.496 e. The third-order valence-corrected chi connectivity index (χ3v) is 5.48. The van der Waals surface area contributed by atoms with Crippen LogP contribution in [0.3, 0.4) is 0 Å². The molecule has 0 saturated heterocycles. The fraction of sp³-hybridized carbons (Fsp3) is 0.500. The molecule has 0 aliphatic carbocycles. The average molecular weight is 474 g/mol. The van der Waals surface area contributed by atoms with E-state index in [9.17, 15) is 19.2 Å². The molecule has 1 heterocycles. The summed E-state index contributed by atoms with van der Waals surface area (Å²) in [6.07, 6.45) is 3.96. The highest BCUT2D eigenvalue weighted by Crippen LogP contribution is 2.20. The summed E-state index contributed by atoms with van der Waals surface area (Å²) in [5, 5.41) is 2.72. The number of hydrogen-bond donors (Lipinski definition) is 3. The number of amides is 2. The number of methoxy groups -OCH3 is 1. The predicted molar refractivity (Wildman–Crippen MR) is 132 cm³/mol. The van der Waals surface area contributed by atoms with Crippen LogP contribution in [0.25, 0.3) is 0 Å². The number of nitrogens with one attached hydrogen (secondary N) is 2. The van der Waals surface area contributed by atoms with E-state index in [1.807, 2.05) is 13.8 Å². The van der Waals surface area contributed by atoms with E-state index < -0.39 is 11.2 Å². The third kappa shape index (κ3) is 6.72. The average Bonchev–Trinajstić information content (AvgIpc) is 2.82. The highest BCUT2D eigenvalue weighted by Gasteiger charge is 2.24. The lowest BCUT2D eigenvalue weighted by molar-refractivity contribution is -0.118. The molecule has 2 rings (SSSR count). The largest absolute Gasteiger partial charge is 0.496 e. The van der Waals surface area contributed by atoms with E-state index in [0.29, 0.717) is 30.7 Å². The molecule has 2 aromatic rings. The predicted octanol–water partition coefficient (Wildman–Crippen LogP) is 2.27. The lowest BCUT2D eigenvalue weighted by Crippen LogP contribution is -2.42. The van der Waals surface area contributed by atoms with E-state index in [0.717, 1.165) is 19.3 Å². The van der Waals surface area contributed by atoms with E-state index in [4.69, 9.17) is 10.5 Å². The van der Waals surface area contributed by atoms with Gasteiger partial charge in [0.2, 0.25) is 5.91 Å². The molecule has 0 spiro atoms. The van der Waals surface area contributed by atoms with Crippen LogP contribution in [0, 0.1) is 0 Å². The van der Waals surface area contributed by atoms with Crippen molar-refractivity contribution < 1.29 is 14.3 Å². The molecule has 0 atom stereocenters. The van der Waals surface area contributed by atoms with Gasteiger partial charge in [0, 0.05) is 26.1 Å². The monoisotopic (exact) mass is 473 g/mol. The zero-order valence-electron chi connectivity index (χ0n) is 20.2. The van der Waals surface area contributed by atoms with Crippen molar-refractivity contribution in [3.63, 3.8) is 0 Å². The third-order valence-electron chi connectivity index (χ3n) is 5.48. The van der Waals surface area contributed by atoms with Crippen LogP contribution in [0.2, 0.25) is 0 Å². The molecular formula is C24H35N5O5. The first-order valence-corrected chi connectivity index (χ1v) is 11.7. The highest BCUT2D eigenvalue weighted by atomic mass is 16.5. The highest BCUT2D eigenvalue weighted by molar-refractivity contribution is 5.98. The van der Waals surface area contributed by atoms with Crippen LogP contribution in [0.1, 0.15) is 62.7 Å². The van der Waals surface area contributed by atoms with Crippen molar-refractivity contribution in [2.24, 2.45) is 0 Å². The fourth-order valence-corrected chi connectivity index (χ4v) is 3.60. The van der Waals surface area contributed by atoms with Crippen molar-refractivity contribution in [3.8, 4) is 5.75 Å². The van der Waals surface area contributed by atoms with E-state index in [-0.39, 0.29) is 42.8 Å². The smallest absolute Gasteiger partial charge is 0.330 e. The van der Waals surface area contributed by atoms with E-state index >= 15 is 0 Å². The minimum absolute atomic E-state index is 0.0205. The van der Waals surface area contributed by atoms with Crippen LogP contribution in [0.4, 0.5) is 11.5 Å². The number of para-hydroxylation sites is 1. The summed E-state index contributed by atoms with van der Waals surface area (Å²) in [7, 11) is 1.48. The zero-order valence-corrected chi connectivity index (χ0v) is 20.2. The van der Waals surface area contributed by atoms with Crippen molar-refractivity contribution in [2.75, 3.05) is 30.8 Å². The number of nitrogen functional groups attached to an aromatic ring is 1. The molecule has 0 fully saturated rings. The van der Waals surface area contributed by atoms with Crippen LogP contribution in [0.5, 0.6) is 5.75 Å². The topological polar surface area (TPSA) is 140 Å². The SMILES string of the molecule is CCCCCN(C(=O)CCNC(=O)c1ccccc1OC)c1c(N)n(CCCC)c(=O)[nH]c1=O. The first kappa shape index (κ1) is 26.7. The second kappa shape index (κ2) is 13.2. The van der Waals surface area contributed by atoms with Gasteiger partial charge in [-0.3, -0.25) is 23.9 Å². The standard InChI is InChI=1S/C24H35N5O5/c1-4-6-10-16-28(20-21(25)29(15-7-5-2)24(33)27-23(20)32)19(30)13-14-26-22(31)17-11-8-9-12-18(17)34-3/h8-9,11-12H,4-7,10,13-16,25H2,1-3H3,(H,26,31)(H,27,32,33).